The van der Waals surface area contributed by atoms with Crippen LogP contribution in [-0.4, -0.2) is 9.55 Å². The molecule has 3 rings (SSSR count). The number of pyridine rings is 1. The quantitative estimate of drug-likeness (QED) is 0.662. The van der Waals surface area contributed by atoms with Gasteiger partial charge in [0.05, 0.1) is 12.2 Å². The predicted molar refractivity (Wildman–Crippen MR) is 73.1 cm³/mol. The molecule has 2 aliphatic rings. The van der Waals surface area contributed by atoms with Crippen LogP contribution >= 0.6 is 39.5 Å². The topological polar surface area (TPSA) is 31.0 Å². The zero-order chi connectivity index (χ0) is 11.8. The summed E-state index contributed by atoms with van der Waals surface area (Å²) >= 11 is 10.0. The summed E-state index contributed by atoms with van der Waals surface area (Å²) in [5.74, 6) is 0.820. The molecule has 0 fully saturated rings. The molecule has 0 saturated heterocycles. The van der Waals surface area contributed by atoms with Crippen molar-refractivity contribution < 1.29 is 4.42 Å². The molecular weight excluding hydrogens is 320 g/mol. The van der Waals surface area contributed by atoms with Crippen LogP contribution in [0.1, 0.15) is 4.88 Å². The minimum Gasteiger partial charge on any atom is -0.444 e. The Morgan fingerprint density at radius 3 is 3.18 bits per heavy atom. The van der Waals surface area contributed by atoms with E-state index in [4.69, 9.17) is 16.6 Å². The van der Waals surface area contributed by atoms with Crippen molar-refractivity contribution in [2.45, 2.75) is 6.54 Å². The number of fused-ring (bicyclic) bond motifs is 1. The molecule has 0 amide bonds. The van der Waals surface area contributed by atoms with Gasteiger partial charge in [-0.15, -0.1) is 11.3 Å². The van der Waals surface area contributed by atoms with Crippen molar-refractivity contribution in [1.29, 1.82) is 0 Å². The lowest BCUT2D eigenvalue weighted by Gasteiger charge is -2.08. The van der Waals surface area contributed by atoms with Crippen LogP contribution in [-0.2, 0) is 6.54 Å². The fourth-order valence-corrected chi connectivity index (χ4v) is 3.25. The number of halogens is 1. The van der Waals surface area contributed by atoms with Crippen LogP contribution in [0.4, 0.5) is 0 Å². The monoisotopic (exact) mass is 326 g/mol. The lowest BCUT2D eigenvalue weighted by Crippen LogP contribution is -2.01. The average Bonchev–Trinajstić information content (AvgIpc) is 2.84. The summed E-state index contributed by atoms with van der Waals surface area (Å²) in [6.45, 7) is 0.773. The van der Waals surface area contributed by atoms with Gasteiger partial charge in [0.25, 0.3) is 0 Å². The van der Waals surface area contributed by atoms with E-state index in [1.165, 1.54) is 4.88 Å². The van der Waals surface area contributed by atoms with E-state index in [1.54, 1.807) is 11.3 Å². The number of furan rings is 1. The van der Waals surface area contributed by atoms with E-state index in [0.29, 0.717) is 4.71 Å². The van der Waals surface area contributed by atoms with Crippen LogP contribution in [0, 0.1) is 4.71 Å². The maximum absolute atomic E-state index is 5.42. The predicted octanol–water partition coefficient (Wildman–Crippen LogP) is 4.18. The number of rotatable bonds is 2. The van der Waals surface area contributed by atoms with Crippen molar-refractivity contribution in [1.82, 2.24) is 9.55 Å². The molecule has 3 nitrogen and oxygen atoms in total. The zero-order valence-electron chi connectivity index (χ0n) is 8.59. The van der Waals surface area contributed by atoms with Gasteiger partial charge in [-0.3, -0.25) is 0 Å². The van der Waals surface area contributed by atoms with Crippen LogP contribution in [0.15, 0.2) is 38.9 Å². The van der Waals surface area contributed by atoms with Crippen molar-refractivity contribution in [3.05, 3.63) is 44.1 Å². The van der Waals surface area contributed by atoms with Gasteiger partial charge in [0, 0.05) is 23.3 Å². The van der Waals surface area contributed by atoms with Gasteiger partial charge in [-0.2, -0.15) is 0 Å². The summed E-state index contributed by atoms with van der Waals surface area (Å²) in [5, 5.41) is 0. The first-order valence-electron chi connectivity index (χ1n) is 4.91. The first kappa shape index (κ1) is 11.1. The molecule has 0 saturated carbocycles. The first-order valence-corrected chi connectivity index (χ1v) is 6.93. The lowest BCUT2D eigenvalue weighted by atomic mass is 10.3. The van der Waals surface area contributed by atoms with Crippen molar-refractivity contribution in [2.75, 3.05) is 0 Å². The van der Waals surface area contributed by atoms with Crippen LogP contribution in [0.5, 0.6) is 0 Å². The van der Waals surface area contributed by atoms with Crippen molar-refractivity contribution in [3.8, 4) is 11.5 Å². The Bertz CT molecular complexity index is 685. The smallest absolute Gasteiger partial charge is 0.193 e. The third kappa shape index (κ3) is 2.20. The van der Waals surface area contributed by atoms with Gasteiger partial charge >= 0.3 is 0 Å². The second-order valence-corrected chi connectivity index (χ2v) is 6.32. The molecule has 1 aromatic rings. The van der Waals surface area contributed by atoms with E-state index in [0.717, 1.165) is 21.9 Å². The summed E-state index contributed by atoms with van der Waals surface area (Å²) < 4.78 is 8.95. The molecule has 0 unspecified atom stereocenters. The van der Waals surface area contributed by atoms with Crippen LogP contribution in [0.3, 0.4) is 0 Å². The Morgan fingerprint density at radius 2 is 2.41 bits per heavy atom. The van der Waals surface area contributed by atoms with Gasteiger partial charge in [0.15, 0.2) is 14.4 Å². The molecule has 6 heteroatoms. The van der Waals surface area contributed by atoms with Crippen molar-refractivity contribution in [2.24, 2.45) is 0 Å². The zero-order valence-corrected chi connectivity index (χ0v) is 11.8. The van der Waals surface area contributed by atoms with E-state index in [-0.39, 0.29) is 0 Å². The Kier molecular flexibility index (Phi) is 2.85. The number of hydrogen-bond acceptors (Lipinski definition) is 4. The summed E-state index contributed by atoms with van der Waals surface area (Å²) in [4.78, 5) is 5.36. The highest BCUT2D eigenvalue weighted by molar-refractivity contribution is 9.11. The van der Waals surface area contributed by atoms with Crippen LogP contribution in [0.2, 0.25) is 0 Å². The largest absolute Gasteiger partial charge is 0.444 e. The Balaban J connectivity index is 2.03. The van der Waals surface area contributed by atoms with Gasteiger partial charge < -0.3 is 8.98 Å². The maximum Gasteiger partial charge on any atom is 0.193 e. The Hall–Kier alpha value is -0.980. The lowest BCUT2D eigenvalue weighted by molar-refractivity contribution is 0.563. The first-order chi connectivity index (χ1) is 8.22. The second kappa shape index (κ2) is 4.36. The molecule has 0 spiro atoms. The standard InChI is InChI=1S/C11H7BrN2OS2/c12-11-13-5-7(17-11)6-14-3-1-2-9-8(14)4-10(16)15-9/h1-5H,6H2. The summed E-state index contributed by atoms with van der Waals surface area (Å²) in [6, 6.07) is 5.75. The van der Waals surface area contributed by atoms with Crippen LogP contribution in [0.25, 0.3) is 11.5 Å². The summed E-state index contributed by atoms with van der Waals surface area (Å²) in [6.07, 6.45) is 3.88. The molecule has 1 aromatic heterocycles. The molecule has 0 aliphatic carbocycles. The van der Waals surface area contributed by atoms with E-state index in [2.05, 4.69) is 25.5 Å². The molecule has 2 aliphatic heterocycles. The minimum absolute atomic E-state index is 0.519. The van der Waals surface area contributed by atoms with E-state index < -0.39 is 0 Å². The van der Waals surface area contributed by atoms with Gasteiger partial charge in [-0.1, -0.05) is 0 Å². The van der Waals surface area contributed by atoms with Gasteiger partial charge in [-0.05, 0) is 40.3 Å². The number of aromatic nitrogens is 2. The highest BCUT2D eigenvalue weighted by atomic mass is 79.9. The molecule has 0 radical (unpaired) electrons. The molecule has 0 bridgehead atoms. The number of hydrogen-bond donors (Lipinski definition) is 0. The fraction of sp³-hybridized carbons (Fsp3) is 0.0909. The summed E-state index contributed by atoms with van der Waals surface area (Å²) in [7, 11) is 0. The van der Waals surface area contributed by atoms with E-state index in [1.807, 2.05) is 30.6 Å². The van der Waals surface area contributed by atoms with Crippen LogP contribution < -0.4 is 0 Å². The molecule has 0 aromatic carbocycles. The van der Waals surface area contributed by atoms with Crippen molar-refractivity contribution >= 4 is 39.5 Å². The van der Waals surface area contributed by atoms with Gasteiger partial charge in [0.2, 0.25) is 0 Å². The highest BCUT2D eigenvalue weighted by Gasteiger charge is 2.11. The van der Waals surface area contributed by atoms with Gasteiger partial charge in [-0.25, -0.2) is 4.98 Å². The number of thiazole rings is 1. The fourth-order valence-electron chi connectivity index (χ4n) is 1.69. The highest BCUT2D eigenvalue weighted by Crippen LogP contribution is 2.26. The SMILES string of the molecule is S=c1cc2n(Cc3cnc(Br)s3)cccc-2o1. The summed E-state index contributed by atoms with van der Waals surface area (Å²) in [5.41, 5.74) is 1.02. The normalized spacial score (nSPS) is 11.1. The minimum atomic E-state index is 0.519. The molecule has 0 atom stereocenters. The Labute approximate surface area is 115 Å². The molecule has 3 heterocycles. The average molecular weight is 327 g/mol. The molecule has 86 valence electrons. The molecule has 17 heavy (non-hydrogen) atoms. The number of nitrogens with zero attached hydrogens (tertiary/aromatic N) is 2. The third-order valence-electron chi connectivity index (χ3n) is 2.39. The Morgan fingerprint density at radius 1 is 1.53 bits per heavy atom. The molecular formula is C11H7BrN2OS2. The van der Waals surface area contributed by atoms with Crippen molar-refractivity contribution in [3.63, 3.8) is 0 Å². The van der Waals surface area contributed by atoms with E-state index in [9.17, 15) is 0 Å². The second-order valence-electron chi connectivity index (χ2n) is 3.53. The third-order valence-corrected chi connectivity index (χ3v) is 4.05. The van der Waals surface area contributed by atoms with E-state index >= 15 is 0 Å². The molecule has 0 N–H and O–H groups in total. The maximum atomic E-state index is 5.42. The van der Waals surface area contributed by atoms with Gasteiger partial charge in [0.1, 0.15) is 0 Å².